The Morgan fingerprint density at radius 2 is 1.92 bits per heavy atom. The third-order valence-corrected chi connectivity index (χ3v) is 5.13. The normalized spacial score (nSPS) is 11.2. The molecule has 4 aromatic rings. The monoisotopic (exact) mass is 334 g/mol. The number of rotatable bonds is 4. The topological polar surface area (TPSA) is 34.1 Å². The summed E-state index contributed by atoms with van der Waals surface area (Å²) in [5.41, 5.74) is 4.52. The van der Waals surface area contributed by atoms with Gasteiger partial charge in [-0.05, 0) is 41.8 Å². The summed E-state index contributed by atoms with van der Waals surface area (Å²) in [5.74, 6) is 0.879. The first kappa shape index (κ1) is 15.1. The second kappa shape index (κ2) is 6.23. The van der Waals surface area contributed by atoms with E-state index >= 15 is 0 Å². The van der Waals surface area contributed by atoms with E-state index in [1.54, 1.807) is 18.4 Å². The molecule has 0 aliphatic heterocycles. The molecule has 0 radical (unpaired) electrons. The van der Waals surface area contributed by atoms with Gasteiger partial charge in [-0.25, -0.2) is 0 Å². The average molecular weight is 334 g/mol. The number of fused-ring (bicyclic) bond motifs is 3. The molecule has 3 nitrogen and oxygen atoms in total. The zero-order valence-electron chi connectivity index (χ0n) is 13.7. The van der Waals surface area contributed by atoms with Gasteiger partial charge in [0.15, 0.2) is 0 Å². The third kappa shape index (κ3) is 2.44. The lowest BCUT2D eigenvalue weighted by molar-refractivity contribution is 0.417. The largest absolute Gasteiger partial charge is 0.496 e. The number of benzene rings is 2. The van der Waals surface area contributed by atoms with Crippen LogP contribution < -0.4 is 10.1 Å². The molecule has 0 saturated carbocycles. The van der Waals surface area contributed by atoms with Gasteiger partial charge < -0.3 is 10.1 Å². The Labute approximate surface area is 144 Å². The van der Waals surface area contributed by atoms with Crippen molar-refractivity contribution in [3.8, 4) is 16.9 Å². The first-order chi connectivity index (χ1) is 11.8. The van der Waals surface area contributed by atoms with Crippen LogP contribution in [0.2, 0.25) is 0 Å². The van der Waals surface area contributed by atoms with Gasteiger partial charge >= 0.3 is 0 Å². The Kier molecular flexibility index (Phi) is 3.92. The molecule has 2 aromatic carbocycles. The fourth-order valence-corrected chi connectivity index (χ4v) is 3.92. The van der Waals surface area contributed by atoms with Crippen LogP contribution in [0.1, 0.15) is 5.56 Å². The number of hydrogen-bond acceptors (Lipinski definition) is 4. The smallest absolute Gasteiger partial charge is 0.127 e. The van der Waals surface area contributed by atoms with Crippen LogP contribution in [0, 0.1) is 0 Å². The van der Waals surface area contributed by atoms with Crippen LogP contribution in [-0.2, 0) is 6.54 Å². The Morgan fingerprint density at radius 1 is 1.08 bits per heavy atom. The fourth-order valence-electron chi connectivity index (χ4n) is 3.16. The molecule has 4 rings (SSSR count). The van der Waals surface area contributed by atoms with Crippen molar-refractivity contribution in [3.63, 3.8) is 0 Å². The van der Waals surface area contributed by atoms with Crippen LogP contribution in [0.4, 0.5) is 0 Å². The van der Waals surface area contributed by atoms with E-state index in [1.165, 1.54) is 15.6 Å². The Morgan fingerprint density at radius 3 is 2.67 bits per heavy atom. The van der Waals surface area contributed by atoms with Crippen molar-refractivity contribution in [1.82, 2.24) is 10.3 Å². The summed E-state index contributed by atoms with van der Waals surface area (Å²) in [6, 6.07) is 14.8. The molecule has 0 aliphatic rings. The molecule has 2 heterocycles. The molecule has 4 heteroatoms. The van der Waals surface area contributed by atoms with Gasteiger partial charge in [0.25, 0.3) is 0 Å². The number of methoxy groups -OCH3 is 1. The number of pyridine rings is 1. The standard InChI is InChI=1S/C20H18N2OS/c1-21-11-13-3-5-14(6-4-13)19-17(23-2)8-7-16-20(19)15-9-10-24-18(15)12-22-16/h3-10,12,21H,11H2,1-2H3. The highest BCUT2D eigenvalue weighted by atomic mass is 32.1. The van der Waals surface area contributed by atoms with Gasteiger partial charge in [-0.15, -0.1) is 11.3 Å². The Balaban J connectivity index is 2.02. The highest BCUT2D eigenvalue weighted by Crippen LogP contribution is 2.40. The van der Waals surface area contributed by atoms with E-state index in [2.05, 4.69) is 46.0 Å². The second-order valence-electron chi connectivity index (χ2n) is 5.72. The lowest BCUT2D eigenvalue weighted by Crippen LogP contribution is -2.04. The molecule has 0 amide bonds. The molecule has 0 saturated heterocycles. The van der Waals surface area contributed by atoms with Crippen LogP contribution in [0.25, 0.3) is 32.1 Å². The highest BCUT2D eigenvalue weighted by molar-refractivity contribution is 7.17. The molecule has 0 spiro atoms. The molecular formula is C20H18N2OS. The summed E-state index contributed by atoms with van der Waals surface area (Å²) in [5, 5.41) is 7.69. The lowest BCUT2D eigenvalue weighted by atomic mass is 9.96. The molecule has 0 fully saturated rings. The van der Waals surface area contributed by atoms with Gasteiger partial charge in [-0.3, -0.25) is 4.98 Å². The first-order valence-electron chi connectivity index (χ1n) is 7.88. The number of nitrogens with zero attached hydrogens (tertiary/aromatic N) is 1. The van der Waals surface area contributed by atoms with Crippen molar-refractivity contribution in [2.45, 2.75) is 6.54 Å². The summed E-state index contributed by atoms with van der Waals surface area (Å²) in [4.78, 5) is 4.63. The van der Waals surface area contributed by atoms with E-state index in [0.29, 0.717) is 0 Å². The second-order valence-corrected chi connectivity index (χ2v) is 6.67. The fraction of sp³-hybridized carbons (Fsp3) is 0.150. The molecule has 0 atom stereocenters. The number of nitrogens with one attached hydrogen (secondary N) is 1. The third-order valence-electron chi connectivity index (χ3n) is 4.27. The van der Waals surface area contributed by atoms with Crippen molar-refractivity contribution in [2.24, 2.45) is 0 Å². The summed E-state index contributed by atoms with van der Waals surface area (Å²) < 4.78 is 6.87. The van der Waals surface area contributed by atoms with Gasteiger partial charge in [0, 0.05) is 29.1 Å². The van der Waals surface area contributed by atoms with Gasteiger partial charge in [0.05, 0.1) is 17.3 Å². The molecule has 0 aliphatic carbocycles. The minimum Gasteiger partial charge on any atom is -0.496 e. The summed E-state index contributed by atoms with van der Waals surface area (Å²) in [6.07, 6.45) is 1.95. The van der Waals surface area contributed by atoms with E-state index in [1.807, 2.05) is 25.4 Å². The average Bonchev–Trinajstić information content (AvgIpc) is 3.10. The van der Waals surface area contributed by atoms with E-state index < -0.39 is 0 Å². The van der Waals surface area contributed by atoms with E-state index in [0.717, 1.165) is 34.3 Å². The predicted octanol–water partition coefficient (Wildman–Crippen LogP) is 4.84. The maximum absolute atomic E-state index is 5.67. The SMILES string of the molecule is CNCc1ccc(-c2c(OC)ccc3ncc4sccc4c23)cc1. The number of hydrogen-bond donors (Lipinski definition) is 1. The molecule has 24 heavy (non-hydrogen) atoms. The minimum absolute atomic E-state index is 0.864. The summed E-state index contributed by atoms with van der Waals surface area (Å²) in [6.45, 7) is 0.864. The molecule has 2 aromatic heterocycles. The van der Waals surface area contributed by atoms with Crippen LogP contribution in [0.3, 0.4) is 0 Å². The van der Waals surface area contributed by atoms with E-state index in [-0.39, 0.29) is 0 Å². The zero-order valence-corrected chi connectivity index (χ0v) is 14.5. The van der Waals surface area contributed by atoms with Crippen molar-refractivity contribution in [3.05, 3.63) is 59.6 Å². The van der Waals surface area contributed by atoms with Crippen LogP contribution >= 0.6 is 11.3 Å². The van der Waals surface area contributed by atoms with Crippen molar-refractivity contribution < 1.29 is 4.74 Å². The van der Waals surface area contributed by atoms with Crippen molar-refractivity contribution in [2.75, 3.05) is 14.2 Å². The highest BCUT2D eigenvalue weighted by Gasteiger charge is 2.14. The molecule has 0 unspecified atom stereocenters. The summed E-state index contributed by atoms with van der Waals surface area (Å²) in [7, 11) is 3.68. The van der Waals surface area contributed by atoms with Gasteiger partial charge in [0.1, 0.15) is 5.75 Å². The van der Waals surface area contributed by atoms with Crippen LogP contribution in [-0.4, -0.2) is 19.1 Å². The number of thiophene rings is 1. The van der Waals surface area contributed by atoms with Crippen molar-refractivity contribution >= 4 is 32.3 Å². The molecule has 120 valence electrons. The van der Waals surface area contributed by atoms with Crippen LogP contribution in [0.5, 0.6) is 5.75 Å². The number of ether oxygens (including phenoxy) is 1. The molecular weight excluding hydrogens is 316 g/mol. The predicted molar refractivity (Wildman–Crippen MR) is 102 cm³/mol. The van der Waals surface area contributed by atoms with E-state index in [4.69, 9.17) is 4.74 Å². The van der Waals surface area contributed by atoms with Gasteiger partial charge in [0.2, 0.25) is 0 Å². The van der Waals surface area contributed by atoms with Gasteiger partial charge in [-0.2, -0.15) is 0 Å². The quantitative estimate of drug-likeness (QED) is 0.579. The maximum Gasteiger partial charge on any atom is 0.127 e. The first-order valence-corrected chi connectivity index (χ1v) is 8.76. The van der Waals surface area contributed by atoms with E-state index in [9.17, 15) is 0 Å². The molecule has 1 N–H and O–H groups in total. The lowest BCUT2D eigenvalue weighted by Gasteiger charge is -2.13. The maximum atomic E-state index is 5.67. The van der Waals surface area contributed by atoms with Crippen molar-refractivity contribution in [1.29, 1.82) is 0 Å². The summed E-state index contributed by atoms with van der Waals surface area (Å²) >= 11 is 1.72. The zero-order chi connectivity index (χ0) is 16.5. The molecule has 0 bridgehead atoms. The Bertz CT molecular complexity index is 1010. The minimum atomic E-state index is 0.864. The number of aromatic nitrogens is 1. The van der Waals surface area contributed by atoms with Gasteiger partial charge in [-0.1, -0.05) is 24.3 Å². The Hall–Kier alpha value is -2.43. The van der Waals surface area contributed by atoms with Crippen LogP contribution in [0.15, 0.2) is 54.0 Å².